The number of para-hydroxylation sites is 1. The molecule has 1 N–H and O–H groups in total. The van der Waals surface area contributed by atoms with Gasteiger partial charge >= 0.3 is 5.97 Å². The summed E-state index contributed by atoms with van der Waals surface area (Å²) in [6, 6.07) is 10.4. The van der Waals surface area contributed by atoms with E-state index in [0.29, 0.717) is 18.7 Å². The van der Waals surface area contributed by atoms with Crippen LogP contribution in [0.5, 0.6) is 0 Å². The highest BCUT2D eigenvalue weighted by atomic mass is 16.4. The van der Waals surface area contributed by atoms with Crippen molar-refractivity contribution >= 4 is 16.9 Å². The molecular formula is C19H21N3O2. The van der Waals surface area contributed by atoms with Crippen LogP contribution >= 0.6 is 0 Å². The van der Waals surface area contributed by atoms with Crippen LogP contribution in [0.1, 0.15) is 36.9 Å². The molecule has 1 aromatic carbocycles. The van der Waals surface area contributed by atoms with Crippen molar-refractivity contribution in [1.82, 2.24) is 9.47 Å². The first-order chi connectivity index (χ1) is 11.6. The third kappa shape index (κ3) is 1.93. The molecule has 2 aliphatic rings. The second-order valence-corrected chi connectivity index (χ2v) is 7.07. The Labute approximate surface area is 141 Å². The lowest BCUT2D eigenvalue weighted by Crippen LogP contribution is -2.54. The zero-order chi connectivity index (χ0) is 16.9. The number of benzene rings is 1. The number of nitriles is 1. The van der Waals surface area contributed by atoms with E-state index in [4.69, 9.17) is 0 Å². The molecule has 2 aromatic rings. The third-order valence-corrected chi connectivity index (χ3v) is 6.15. The van der Waals surface area contributed by atoms with E-state index in [1.54, 1.807) is 0 Å². The average Bonchev–Trinajstić information content (AvgIpc) is 3.05. The Morgan fingerprint density at radius 2 is 2.17 bits per heavy atom. The molecular weight excluding hydrogens is 302 g/mol. The molecule has 1 unspecified atom stereocenters. The molecule has 5 heteroatoms. The lowest BCUT2D eigenvalue weighted by molar-refractivity contribution is -0.147. The second-order valence-electron chi connectivity index (χ2n) is 7.07. The fraction of sp³-hybridized carbons (Fsp3) is 0.474. The highest BCUT2D eigenvalue weighted by molar-refractivity contribution is 5.86. The minimum absolute atomic E-state index is 0.199. The number of hydrogen-bond acceptors (Lipinski definition) is 3. The van der Waals surface area contributed by atoms with Crippen LogP contribution in [0.2, 0.25) is 0 Å². The van der Waals surface area contributed by atoms with Crippen LogP contribution in [-0.4, -0.2) is 32.6 Å². The Morgan fingerprint density at radius 3 is 2.79 bits per heavy atom. The van der Waals surface area contributed by atoms with Crippen molar-refractivity contribution in [2.24, 2.45) is 13.0 Å². The molecule has 0 amide bonds. The van der Waals surface area contributed by atoms with Gasteiger partial charge in [0, 0.05) is 35.6 Å². The Morgan fingerprint density at radius 1 is 1.42 bits per heavy atom. The third-order valence-electron chi connectivity index (χ3n) is 6.15. The smallest absolute Gasteiger partial charge is 0.308 e. The molecule has 1 saturated heterocycles. The van der Waals surface area contributed by atoms with Gasteiger partial charge in [0.25, 0.3) is 0 Å². The first kappa shape index (κ1) is 15.2. The average molecular weight is 323 g/mol. The Bertz CT molecular complexity index is 857. The summed E-state index contributed by atoms with van der Waals surface area (Å²) in [5, 5.41) is 20.3. The first-order valence-corrected chi connectivity index (χ1v) is 8.53. The quantitative estimate of drug-likeness (QED) is 0.943. The summed E-state index contributed by atoms with van der Waals surface area (Å²) in [6.07, 6.45) is 3.72. The maximum atomic E-state index is 11.7. The molecule has 2 heterocycles. The highest BCUT2D eigenvalue weighted by Crippen LogP contribution is 2.50. The number of carboxylic acids is 1. The molecule has 1 spiro atoms. The predicted octanol–water partition coefficient (Wildman–Crippen LogP) is 2.88. The summed E-state index contributed by atoms with van der Waals surface area (Å²) in [5.41, 5.74) is 2.58. The van der Waals surface area contributed by atoms with Gasteiger partial charge in [-0.3, -0.25) is 9.69 Å². The van der Waals surface area contributed by atoms with Crippen molar-refractivity contribution in [1.29, 1.82) is 5.26 Å². The predicted molar refractivity (Wildman–Crippen MR) is 90.4 cm³/mol. The summed E-state index contributed by atoms with van der Waals surface area (Å²) in [5.74, 6) is -0.942. The summed E-state index contributed by atoms with van der Waals surface area (Å²) in [7, 11) is 1.92. The zero-order valence-corrected chi connectivity index (χ0v) is 13.8. The maximum Gasteiger partial charge on any atom is 0.308 e. The molecule has 124 valence electrons. The number of nitrogens with zero attached hydrogens (tertiary/aromatic N) is 3. The lowest BCUT2D eigenvalue weighted by Gasteiger charge is -2.48. The van der Waals surface area contributed by atoms with Crippen molar-refractivity contribution < 1.29 is 9.90 Å². The molecule has 5 nitrogen and oxygen atoms in total. The molecule has 4 rings (SSSR count). The minimum Gasteiger partial charge on any atom is -0.481 e. The van der Waals surface area contributed by atoms with Crippen LogP contribution in [0, 0.1) is 17.2 Å². The zero-order valence-electron chi connectivity index (χ0n) is 13.8. The normalized spacial score (nSPS) is 22.6. The molecule has 1 atom stereocenters. The van der Waals surface area contributed by atoms with Gasteiger partial charge in [-0.15, -0.1) is 0 Å². The number of likely N-dealkylation sites (tertiary alicyclic amines) is 1. The van der Waals surface area contributed by atoms with E-state index in [1.165, 1.54) is 0 Å². The molecule has 1 aliphatic heterocycles. The monoisotopic (exact) mass is 323 g/mol. The van der Waals surface area contributed by atoms with E-state index in [2.05, 4.69) is 17.0 Å². The number of aliphatic carboxylic acids is 1. The fourth-order valence-corrected chi connectivity index (χ4v) is 4.76. The molecule has 0 bridgehead atoms. The fourth-order valence-electron chi connectivity index (χ4n) is 4.76. The van der Waals surface area contributed by atoms with Crippen molar-refractivity contribution in [3.8, 4) is 6.07 Å². The summed E-state index contributed by atoms with van der Waals surface area (Å²) in [6.45, 7) is 1.46. The van der Waals surface area contributed by atoms with Gasteiger partial charge in [0.2, 0.25) is 0 Å². The summed E-state index contributed by atoms with van der Waals surface area (Å²) >= 11 is 0. The Balaban J connectivity index is 1.75. The van der Waals surface area contributed by atoms with Crippen molar-refractivity contribution in [2.75, 3.05) is 6.54 Å². The number of rotatable bonds is 3. The van der Waals surface area contributed by atoms with Crippen LogP contribution in [-0.2, 0) is 18.4 Å². The Kier molecular flexibility index (Phi) is 3.40. The van der Waals surface area contributed by atoms with E-state index in [-0.39, 0.29) is 11.5 Å². The highest BCUT2D eigenvalue weighted by Gasteiger charge is 2.55. The number of hydrogen-bond donors (Lipinski definition) is 1. The van der Waals surface area contributed by atoms with Gasteiger partial charge in [0.15, 0.2) is 0 Å². The van der Waals surface area contributed by atoms with E-state index >= 15 is 0 Å². The summed E-state index contributed by atoms with van der Waals surface area (Å²) < 4.78 is 1.95. The van der Waals surface area contributed by atoms with Gasteiger partial charge in [0.05, 0.1) is 5.92 Å². The molecule has 1 aliphatic carbocycles. The van der Waals surface area contributed by atoms with Gasteiger partial charge in [-0.25, -0.2) is 0 Å². The SMILES string of the molecule is Cn1c(C#N)c(CN2CCC(C(=O)O)C23CCC3)c2ccccc21. The van der Waals surface area contributed by atoms with Gasteiger partial charge in [-0.05, 0) is 38.3 Å². The van der Waals surface area contributed by atoms with Crippen molar-refractivity contribution in [3.63, 3.8) is 0 Å². The molecule has 2 fully saturated rings. The van der Waals surface area contributed by atoms with Crippen LogP contribution < -0.4 is 0 Å². The van der Waals surface area contributed by atoms with Crippen molar-refractivity contribution in [3.05, 3.63) is 35.5 Å². The second kappa shape index (κ2) is 5.35. The standard InChI is InChI=1S/C19H21N3O2/c1-21-16-6-3-2-5-13(16)14(17(21)11-20)12-22-10-7-15(18(23)24)19(22)8-4-9-19/h2-3,5-6,15H,4,7-10,12H2,1H3,(H,23,24). The number of carbonyl (C=O) groups is 1. The van der Waals surface area contributed by atoms with Crippen molar-refractivity contribution in [2.45, 2.75) is 37.8 Å². The maximum absolute atomic E-state index is 11.7. The van der Waals surface area contributed by atoms with E-state index in [0.717, 1.165) is 42.3 Å². The van der Waals surface area contributed by atoms with E-state index in [1.807, 2.05) is 29.8 Å². The first-order valence-electron chi connectivity index (χ1n) is 8.53. The van der Waals surface area contributed by atoms with Crippen LogP contribution in [0.15, 0.2) is 24.3 Å². The largest absolute Gasteiger partial charge is 0.481 e. The number of carboxylic acid groups (broad SMARTS) is 1. The van der Waals surface area contributed by atoms with Crippen LogP contribution in [0.25, 0.3) is 10.9 Å². The van der Waals surface area contributed by atoms with Gasteiger partial charge in [-0.2, -0.15) is 5.26 Å². The lowest BCUT2D eigenvalue weighted by atomic mass is 9.68. The van der Waals surface area contributed by atoms with Gasteiger partial charge < -0.3 is 9.67 Å². The number of fused-ring (bicyclic) bond motifs is 1. The number of aromatic nitrogens is 1. The van der Waals surface area contributed by atoms with Gasteiger partial charge in [-0.1, -0.05) is 18.2 Å². The Hall–Kier alpha value is -2.32. The molecule has 1 saturated carbocycles. The molecule has 0 radical (unpaired) electrons. The summed E-state index contributed by atoms with van der Waals surface area (Å²) in [4.78, 5) is 14.0. The van der Waals surface area contributed by atoms with E-state index in [9.17, 15) is 15.2 Å². The van der Waals surface area contributed by atoms with E-state index < -0.39 is 5.97 Å². The minimum atomic E-state index is -0.671. The van der Waals surface area contributed by atoms with Gasteiger partial charge in [0.1, 0.15) is 11.8 Å². The molecule has 1 aromatic heterocycles. The number of aryl methyl sites for hydroxylation is 1. The topological polar surface area (TPSA) is 69.3 Å². The molecule has 24 heavy (non-hydrogen) atoms. The van der Waals surface area contributed by atoms with Crippen LogP contribution in [0.4, 0.5) is 0 Å². The van der Waals surface area contributed by atoms with Crippen LogP contribution in [0.3, 0.4) is 0 Å².